The van der Waals surface area contributed by atoms with Crippen molar-refractivity contribution in [2.75, 3.05) is 13.1 Å². The third-order valence-corrected chi connectivity index (χ3v) is 6.11. The number of nitrogens with zero attached hydrogens (tertiary/aromatic N) is 2. The summed E-state index contributed by atoms with van der Waals surface area (Å²) in [5.74, 6) is 0.0555. The third kappa shape index (κ3) is 5.36. The molecule has 4 nitrogen and oxygen atoms in total. The number of rotatable bonds is 6. The Bertz CT molecular complexity index is 999. The Kier molecular flexibility index (Phi) is 6.73. The smallest absolute Gasteiger partial charge is 0.252 e. The van der Waals surface area contributed by atoms with Crippen LogP contribution < -0.4 is 5.32 Å². The number of halogens is 1. The van der Waals surface area contributed by atoms with Gasteiger partial charge < -0.3 is 5.32 Å². The van der Waals surface area contributed by atoms with Crippen molar-refractivity contribution >= 4 is 5.91 Å². The molecule has 1 fully saturated rings. The molecule has 1 amide bonds. The maximum Gasteiger partial charge on any atom is 0.252 e. The standard InChI is InChI=1S/C26H28FN3O/c1-19-6-2-3-7-23(19)26(31)29-25(24-8-4-5-15-28-24)21-13-16-30(17-14-21)18-20-9-11-22(27)12-10-20/h2-12,15,21,25H,13-14,16-18H2,1H3,(H,29,31). The average molecular weight is 418 g/mol. The van der Waals surface area contributed by atoms with Crippen molar-refractivity contribution in [1.29, 1.82) is 0 Å². The molecular weight excluding hydrogens is 389 g/mol. The Morgan fingerprint density at radius 1 is 1.06 bits per heavy atom. The molecule has 1 unspecified atom stereocenters. The van der Waals surface area contributed by atoms with Crippen LogP contribution >= 0.6 is 0 Å². The Labute approximate surface area is 183 Å². The van der Waals surface area contributed by atoms with E-state index in [1.807, 2.05) is 61.5 Å². The summed E-state index contributed by atoms with van der Waals surface area (Å²) in [6.45, 7) is 4.65. The van der Waals surface area contributed by atoms with E-state index in [0.717, 1.165) is 49.3 Å². The molecule has 0 radical (unpaired) electrons. The van der Waals surface area contributed by atoms with Gasteiger partial charge in [0.05, 0.1) is 11.7 Å². The zero-order chi connectivity index (χ0) is 21.6. The molecule has 1 atom stereocenters. The SMILES string of the molecule is Cc1ccccc1C(=O)NC(c1ccccn1)C1CCN(Cc2ccc(F)cc2)CC1. The molecule has 4 rings (SSSR count). The molecule has 0 saturated carbocycles. The molecule has 1 N–H and O–H groups in total. The highest BCUT2D eigenvalue weighted by atomic mass is 19.1. The molecule has 0 spiro atoms. The Balaban J connectivity index is 1.45. The van der Waals surface area contributed by atoms with E-state index in [1.165, 1.54) is 12.1 Å². The van der Waals surface area contributed by atoms with E-state index in [4.69, 9.17) is 0 Å². The number of amides is 1. The lowest BCUT2D eigenvalue weighted by Gasteiger charge is -2.36. The highest BCUT2D eigenvalue weighted by Gasteiger charge is 2.30. The topological polar surface area (TPSA) is 45.2 Å². The van der Waals surface area contributed by atoms with E-state index in [1.54, 1.807) is 6.20 Å². The number of aromatic nitrogens is 1. The minimum Gasteiger partial charge on any atom is -0.343 e. The van der Waals surface area contributed by atoms with Crippen LogP contribution in [-0.2, 0) is 6.54 Å². The number of pyridine rings is 1. The average Bonchev–Trinajstić information content (AvgIpc) is 2.80. The predicted molar refractivity (Wildman–Crippen MR) is 120 cm³/mol. The summed E-state index contributed by atoms with van der Waals surface area (Å²) in [5, 5.41) is 3.27. The van der Waals surface area contributed by atoms with Crippen molar-refractivity contribution in [1.82, 2.24) is 15.2 Å². The second kappa shape index (κ2) is 9.84. The molecule has 31 heavy (non-hydrogen) atoms. The lowest BCUT2D eigenvalue weighted by molar-refractivity contribution is 0.0887. The summed E-state index contributed by atoms with van der Waals surface area (Å²) < 4.78 is 13.2. The van der Waals surface area contributed by atoms with Gasteiger partial charge in [-0.15, -0.1) is 0 Å². The van der Waals surface area contributed by atoms with Crippen LogP contribution in [0.5, 0.6) is 0 Å². The van der Waals surface area contributed by atoms with Gasteiger partial charge in [0, 0.05) is 18.3 Å². The predicted octanol–water partition coefficient (Wildman–Crippen LogP) is 4.91. The van der Waals surface area contributed by atoms with Crippen molar-refractivity contribution in [3.63, 3.8) is 0 Å². The first kappa shape index (κ1) is 21.2. The summed E-state index contributed by atoms with van der Waals surface area (Å²) in [5.41, 5.74) is 3.70. The number of likely N-dealkylation sites (tertiary alicyclic amines) is 1. The fraction of sp³-hybridized carbons (Fsp3) is 0.308. The van der Waals surface area contributed by atoms with Crippen LogP contribution in [-0.4, -0.2) is 28.9 Å². The molecular formula is C26H28FN3O. The van der Waals surface area contributed by atoms with Crippen LogP contribution in [0.4, 0.5) is 4.39 Å². The first-order valence-electron chi connectivity index (χ1n) is 10.8. The number of hydrogen-bond donors (Lipinski definition) is 1. The Morgan fingerprint density at radius 3 is 2.45 bits per heavy atom. The van der Waals surface area contributed by atoms with Gasteiger partial charge in [-0.25, -0.2) is 4.39 Å². The van der Waals surface area contributed by atoms with Crippen molar-refractivity contribution in [2.45, 2.75) is 32.4 Å². The quantitative estimate of drug-likeness (QED) is 0.620. The number of aryl methyl sites for hydroxylation is 1. The van der Waals surface area contributed by atoms with Crippen LogP contribution in [0.1, 0.15) is 46.1 Å². The van der Waals surface area contributed by atoms with E-state index >= 15 is 0 Å². The monoisotopic (exact) mass is 417 g/mol. The number of piperidine rings is 1. The first-order valence-corrected chi connectivity index (χ1v) is 10.8. The molecule has 0 bridgehead atoms. The molecule has 160 valence electrons. The van der Waals surface area contributed by atoms with E-state index < -0.39 is 0 Å². The van der Waals surface area contributed by atoms with Crippen LogP contribution in [0.2, 0.25) is 0 Å². The molecule has 1 aliphatic rings. The second-order valence-electron chi connectivity index (χ2n) is 8.26. The largest absolute Gasteiger partial charge is 0.343 e. The summed E-state index contributed by atoms with van der Waals surface area (Å²) >= 11 is 0. The fourth-order valence-electron chi connectivity index (χ4n) is 4.33. The van der Waals surface area contributed by atoms with Crippen LogP contribution in [0.25, 0.3) is 0 Å². The lowest BCUT2D eigenvalue weighted by atomic mass is 9.86. The summed E-state index contributed by atoms with van der Waals surface area (Å²) in [6, 6.07) is 20.1. The van der Waals surface area contributed by atoms with Gasteiger partial charge in [-0.1, -0.05) is 36.4 Å². The van der Waals surface area contributed by atoms with Gasteiger partial charge in [0.1, 0.15) is 5.82 Å². The number of nitrogens with one attached hydrogen (secondary N) is 1. The number of benzene rings is 2. The highest BCUT2D eigenvalue weighted by molar-refractivity contribution is 5.95. The van der Waals surface area contributed by atoms with Crippen molar-refractivity contribution in [3.05, 3.63) is 101 Å². The Hall–Kier alpha value is -3.05. The number of hydrogen-bond acceptors (Lipinski definition) is 3. The molecule has 3 aromatic rings. The van der Waals surface area contributed by atoms with Crippen LogP contribution in [0.15, 0.2) is 72.9 Å². The lowest BCUT2D eigenvalue weighted by Crippen LogP contribution is -2.41. The van der Waals surface area contributed by atoms with E-state index in [0.29, 0.717) is 11.5 Å². The number of carbonyl (C=O) groups is 1. The van der Waals surface area contributed by atoms with Crippen LogP contribution in [0, 0.1) is 18.7 Å². The zero-order valence-electron chi connectivity index (χ0n) is 17.8. The van der Waals surface area contributed by atoms with E-state index in [-0.39, 0.29) is 17.8 Å². The van der Waals surface area contributed by atoms with Gasteiger partial charge in [-0.05, 0) is 80.2 Å². The molecule has 1 aromatic heterocycles. The maximum absolute atomic E-state index is 13.2. The minimum absolute atomic E-state index is 0.0532. The molecule has 2 heterocycles. The van der Waals surface area contributed by atoms with Crippen molar-refractivity contribution < 1.29 is 9.18 Å². The van der Waals surface area contributed by atoms with Crippen LogP contribution in [0.3, 0.4) is 0 Å². The van der Waals surface area contributed by atoms with Gasteiger partial charge >= 0.3 is 0 Å². The summed E-state index contributed by atoms with van der Waals surface area (Å²) in [7, 11) is 0. The molecule has 0 aliphatic carbocycles. The van der Waals surface area contributed by atoms with E-state index in [9.17, 15) is 9.18 Å². The summed E-state index contributed by atoms with van der Waals surface area (Å²) in [4.78, 5) is 20.0. The molecule has 2 aromatic carbocycles. The van der Waals surface area contributed by atoms with Gasteiger partial charge in [0.2, 0.25) is 0 Å². The zero-order valence-corrected chi connectivity index (χ0v) is 17.8. The maximum atomic E-state index is 13.2. The number of carbonyl (C=O) groups excluding carboxylic acids is 1. The van der Waals surface area contributed by atoms with Gasteiger partial charge in [-0.2, -0.15) is 0 Å². The molecule has 1 aliphatic heterocycles. The fourth-order valence-corrected chi connectivity index (χ4v) is 4.33. The molecule has 1 saturated heterocycles. The normalized spacial score (nSPS) is 16.1. The van der Waals surface area contributed by atoms with Gasteiger partial charge in [0.15, 0.2) is 0 Å². The highest BCUT2D eigenvalue weighted by Crippen LogP contribution is 2.31. The van der Waals surface area contributed by atoms with Crippen molar-refractivity contribution in [2.24, 2.45) is 5.92 Å². The first-order chi connectivity index (χ1) is 15.1. The van der Waals surface area contributed by atoms with Gasteiger partial charge in [-0.3, -0.25) is 14.7 Å². The Morgan fingerprint density at radius 2 is 1.77 bits per heavy atom. The minimum atomic E-state index is -0.204. The summed E-state index contributed by atoms with van der Waals surface area (Å²) in [6.07, 6.45) is 3.72. The van der Waals surface area contributed by atoms with Crippen molar-refractivity contribution in [3.8, 4) is 0 Å². The van der Waals surface area contributed by atoms with Gasteiger partial charge in [0.25, 0.3) is 5.91 Å². The molecule has 5 heteroatoms. The third-order valence-electron chi connectivity index (χ3n) is 6.11. The second-order valence-corrected chi connectivity index (χ2v) is 8.26. The van der Waals surface area contributed by atoms with E-state index in [2.05, 4.69) is 15.2 Å².